The molecule has 0 unspecified atom stereocenters. The van der Waals surface area contributed by atoms with Crippen LogP contribution in [0.5, 0.6) is 0 Å². The first-order valence-electron chi connectivity index (χ1n) is 5.35. The van der Waals surface area contributed by atoms with Crippen molar-refractivity contribution in [1.29, 1.82) is 5.26 Å². The Hall–Kier alpha value is -0.590. The van der Waals surface area contributed by atoms with Crippen LogP contribution in [0.1, 0.15) is 26.7 Å². The molecule has 1 fully saturated rings. The zero-order chi connectivity index (χ0) is 10.4. The molecule has 0 bridgehead atoms. The summed E-state index contributed by atoms with van der Waals surface area (Å²) in [4.78, 5) is 2.41. The SMILES string of the molecule is CC(C)(C#N)CCCN1CCOCC1. The molecule has 0 spiro atoms. The summed E-state index contributed by atoms with van der Waals surface area (Å²) in [7, 11) is 0. The average molecular weight is 196 g/mol. The summed E-state index contributed by atoms with van der Waals surface area (Å²) in [6.45, 7) is 8.94. The number of ether oxygens (including phenoxy) is 1. The number of nitrogens with zero attached hydrogens (tertiary/aromatic N) is 2. The molecule has 80 valence electrons. The van der Waals surface area contributed by atoms with E-state index in [1.807, 2.05) is 13.8 Å². The number of morpholine rings is 1. The molecule has 3 heteroatoms. The van der Waals surface area contributed by atoms with Crippen molar-refractivity contribution in [3.8, 4) is 6.07 Å². The van der Waals surface area contributed by atoms with Gasteiger partial charge in [-0.3, -0.25) is 4.90 Å². The number of hydrogen-bond donors (Lipinski definition) is 0. The maximum atomic E-state index is 8.85. The Morgan fingerprint density at radius 2 is 2.00 bits per heavy atom. The van der Waals surface area contributed by atoms with Gasteiger partial charge in [0.25, 0.3) is 0 Å². The zero-order valence-corrected chi connectivity index (χ0v) is 9.25. The van der Waals surface area contributed by atoms with Gasteiger partial charge in [-0.05, 0) is 33.2 Å². The van der Waals surface area contributed by atoms with Crippen LogP contribution >= 0.6 is 0 Å². The van der Waals surface area contributed by atoms with E-state index in [2.05, 4.69) is 11.0 Å². The molecule has 14 heavy (non-hydrogen) atoms. The summed E-state index contributed by atoms with van der Waals surface area (Å²) in [5.41, 5.74) is -0.160. The molecule has 0 radical (unpaired) electrons. The lowest BCUT2D eigenvalue weighted by molar-refractivity contribution is 0.0364. The highest BCUT2D eigenvalue weighted by Crippen LogP contribution is 2.20. The molecule has 0 aromatic heterocycles. The lowest BCUT2D eigenvalue weighted by Crippen LogP contribution is -2.37. The Morgan fingerprint density at radius 1 is 1.36 bits per heavy atom. The van der Waals surface area contributed by atoms with Crippen LogP contribution in [0.25, 0.3) is 0 Å². The van der Waals surface area contributed by atoms with Gasteiger partial charge in [0.15, 0.2) is 0 Å². The Morgan fingerprint density at radius 3 is 2.57 bits per heavy atom. The highest BCUT2D eigenvalue weighted by atomic mass is 16.5. The van der Waals surface area contributed by atoms with Gasteiger partial charge >= 0.3 is 0 Å². The number of nitriles is 1. The van der Waals surface area contributed by atoms with Crippen LogP contribution in [0.4, 0.5) is 0 Å². The van der Waals surface area contributed by atoms with Gasteiger partial charge in [-0.1, -0.05) is 0 Å². The van der Waals surface area contributed by atoms with E-state index in [1.165, 1.54) is 0 Å². The van der Waals surface area contributed by atoms with E-state index in [1.54, 1.807) is 0 Å². The van der Waals surface area contributed by atoms with Crippen molar-refractivity contribution >= 4 is 0 Å². The van der Waals surface area contributed by atoms with E-state index in [0.717, 1.165) is 45.7 Å². The molecule has 0 N–H and O–H groups in total. The van der Waals surface area contributed by atoms with Gasteiger partial charge in [0, 0.05) is 13.1 Å². The van der Waals surface area contributed by atoms with Gasteiger partial charge in [-0.2, -0.15) is 5.26 Å². The second kappa shape index (κ2) is 5.33. The maximum Gasteiger partial charge on any atom is 0.0683 e. The quantitative estimate of drug-likeness (QED) is 0.686. The number of hydrogen-bond acceptors (Lipinski definition) is 3. The van der Waals surface area contributed by atoms with Crippen molar-refractivity contribution in [3.63, 3.8) is 0 Å². The van der Waals surface area contributed by atoms with E-state index in [9.17, 15) is 0 Å². The van der Waals surface area contributed by atoms with Crippen molar-refractivity contribution < 1.29 is 4.74 Å². The van der Waals surface area contributed by atoms with Gasteiger partial charge in [0.2, 0.25) is 0 Å². The van der Waals surface area contributed by atoms with Crippen LogP contribution in [-0.2, 0) is 4.74 Å². The smallest absolute Gasteiger partial charge is 0.0683 e. The zero-order valence-electron chi connectivity index (χ0n) is 9.25. The first-order chi connectivity index (χ1) is 6.64. The number of rotatable bonds is 4. The largest absolute Gasteiger partial charge is 0.379 e. The van der Waals surface area contributed by atoms with E-state index in [-0.39, 0.29) is 5.41 Å². The molecular formula is C11H20N2O. The van der Waals surface area contributed by atoms with Crippen LogP contribution in [0.15, 0.2) is 0 Å². The average Bonchev–Trinajstić information content (AvgIpc) is 2.19. The van der Waals surface area contributed by atoms with Crippen molar-refractivity contribution in [3.05, 3.63) is 0 Å². The normalized spacial score (nSPS) is 19.2. The molecular weight excluding hydrogens is 176 g/mol. The van der Waals surface area contributed by atoms with Gasteiger partial charge in [-0.25, -0.2) is 0 Å². The fraction of sp³-hybridized carbons (Fsp3) is 0.909. The summed E-state index contributed by atoms with van der Waals surface area (Å²) in [5.74, 6) is 0. The summed E-state index contributed by atoms with van der Waals surface area (Å²) in [6, 6.07) is 2.34. The molecule has 3 nitrogen and oxygen atoms in total. The van der Waals surface area contributed by atoms with Crippen molar-refractivity contribution in [2.75, 3.05) is 32.8 Å². The molecule has 1 aliphatic rings. The summed E-state index contributed by atoms with van der Waals surface area (Å²) in [6.07, 6.45) is 2.10. The van der Waals surface area contributed by atoms with Crippen LogP contribution in [0.2, 0.25) is 0 Å². The van der Waals surface area contributed by atoms with E-state index in [0.29, 0.717) is 0 Å². The summed E-state index contributed by atoms with van der Waals surface area (Å²) in [5, 5.41) is 8.85. The second-order valence-corrected chi connectivity index (χ2v) is 4.55. The molecule has 1 rings (SSSR count). The van der Waals surface area contributed by atoms with Gasteiger partial charge in [0.1, 0.15) is 0 Å². The lowest BCUT2D eigenvalue weighted by Gasteiger charge is -2.27. The topological polar surface area (TPSA) is 36.3 Å². The Labute approximate surface area is 86.6 Å². The standard InChI is InChI=1S/C11H20N2O/c1-11(2,10-12)4-3-5-13-6-8-14-9-7-13/h3-9H2,1-2H3. The van der Waals surface area contributed by atoms with Crippen molar-refractivity contribution in [2.45, 2.75) is 26.7 Å². The Kier molecular flexibility index (Phi) is 4.37. The Balaban J connectivity index is 2.12. The third kappa shape index (κ3) is 4.08. The fourth-order valence-electron chi connectivity index (χ4n) is 1.63. The molecule has 0 aliphatic carbocycles. The Bertz CT molecular complexity index is 202. The van der Waals surface area contributed by atoms with Gasteiger partial charge in [-0.15, -0.1) is 0 Å². The first kappa shape index (κ1) is 11.5. The van der Waals surface area contributed by atoms with Crippen LogP contribution in [0, 0.1) is 16.7 Å². The fourth-order valence-corrected chi connectivity index (χ4v) is 1.63. The molecule has 0 saturated carbocycles. The highest BCUT2D eigenvalue weighted by molar-refractivity contribution is 4.91. The minimum atomic E-state index is -0.160. The van der Waals surface area contributed by atoms with Gasteiger partial charge < -0.3 is 4.74 Å². The lowest BCUT2D eigenvalue weighted by atomic mass is 9.90. The molecule has 0 aromatic carbocycles. The minimum absolute atomic E-state index is 0.160. The maximum absolute atomic E-state index is 8.85. The summed E-state index contributed by atoms with van der Waals surface area (Å²) >= 11 is 0. The van der Waals surface area contributed by atoms with Gasteiger partial charge in [0.05, 0.1) is 24.7 Å². The van der Waals surface area contributed by atoms with E-state index in [4.69, 9.17) is 10.00 Å². The third-order valence-electron chi connectivity index (χ3n) is 2.68. The van der Waals surface area contributed by atoms with Crippen molar-refractivity contribution in [1.82, 2.24) is 4.90 Å². The van der Waals surface area contributed by atoms with Crippen LogP contribution in [-0.4, -0.2) is 37.7 Å². The predicted octanol–water partition coefficient (Wildman–Crippen LogP) is 1.65. The molecule has 0 atom stereocenters. The predicted molar refractivity (Wildman–Crippen MR) is 55.9 cm³/mol. The van der Waals surface area contributed by atoms with Crippen molar-refractivity contribution in [2.24, 2.45) is 5.41 Å². The molecule has 1 saturated heterocycles. The van der Waals surface area contributed by atoms with Crippen LogP contribution < -0.4 is 0 Å². The molecule has 0 amide bonds. The summed E-state index contributed by atoms with van der Waals surface area (Å²) < 4.78 is 5.27. The molecule has 0 aromatic rings. The van der Waals surface area contributed by atoms with Crippen LogP contribution in [0.3, 0.4) is 0 Å². The molecule has 1 aliphatic heterocycles. The minimum Gasteiger partial charge on any atom is -0.379 e. The monoisotopic (exact) mass is 196 g/mol. The van der Waals surface area contributed by atoms with E-state index < -0.39 is 0 Å². The molecule has 1 heterocycles. The second-order valence-electron chi connectivity index (χ2n) is 4.55. The van der Waals surface area contributed by atoms with E-state index >= 15 is 0 Å². The highest BCUT2D eigenvalue weighted by Gasteiger charge is 2.17. The first-order valence-corrected chi connectivity index (χ1v) is 5.35. The third-order valence-corrected chi connectivity index (χ3v) is 2.68.